The zero-order chi connectivity index (χ0) is 8.85. The standard InChI is InChI=1S/C7H10N2OS.Y.2H2/c1-4-5(2)8-7(11)9-6(3)10;;;/h4H,1-2H2,3H3,(H2,8,9,10,11);;2*1H. The minimum absolute atomic E-state index is 0. The molecule has 3 nitrogen and oxygen atoms in total. The van der Waals surface area contributed by atoms with Crippen molar-refractivity contribution in [1.82, 2.24) is 10.6 Å². The third kappa shape index (κ3) is 8.04. The largest absolute Gasteiger partial charge is 0.333 e. The molecule has 0 fully saturated rings. The Kier molecular flexibility index (Phi) is 9.15. The van der Waals surface area contributed by atoms with Crippen LogP contribution in [0.4, 0.5) is 0 Å². The van der Waals surface area contributed by atoms with Crippen molar-refractivity contribution in [3.8, 4) is 0 Å². The average molecular weight is 263 g/mol. The van der Waals surface area contributed by atoms with Gasteiger partial charge in [0.25, 0.3) is 0 Å². The van der Waals surface area contributed by atoms with Gasteiger partial charge in [-0.25, -0.2) is 0 Å². The molecule has 0 aliphatic heterocycles. The second-order valence-electron chi connectivity index (χ2n) is 1.86. The molecule has 0 atom stereocenters. The van der Waals surface area contributed by atoms with Crippen molar-refractivity contribution >= 4 is 23.2 Å². The van der Waals surface area contributed by atoms with Crippen LogP contribution in [0.25, 0.3) is 0 Å². The first-order chi connectivity index (χ1) is 5.06. The number of rotatable bonds is 2. The van der Waals surface area contributed by atoms with Crippen molar-refractivity contribution in [2.45, 2.75) is 6.92 Å². The van der Waals surface area contributed by atoms with E-state index in [2.05, 4.69) is 23.8 Å². The summed E-state index contributed by atoms with van der Waals surface area (Å²) < 4.78 is 0. The molecule has 0 aliphatic rings. The minimum Gasteiger partial charge on any atom is -0.333 e. The quantitative estimate of drug-likeness (QED) is 0.580. The predicted molar refractivity (Wildman–Crippen MR) is 53.1 cm³/mol. The van der Waals surface area contributed by atoms with Crippen LogP contribution in [0.2, 0.25) is 0 Å². The molecule has 0 aromatic heterocycles. The number of allylic oxidation sites excluding steroid dienone is 1. The maximum absolute atomic E-state index is 10.4. The Morgan fingerprint density at radius 3 is 2.42 bits per heavy atom. The molecule has 0 saturated carbocycles. The fourth-order valence-electron chi connectivity index (χ4n) is 0.388. The van der Waals surface area contributed by atoms with Crippen LogP contribution >= 0.6 is 12.2 Å². The predicted octanol–water partition coefficient (Wildman–Crippen LogP) is 1.19. The molecule has 0 aromatic rings. The molecule has 0 heterocycles. The summed E-state index contributed by atoms with van der Waals surface area (Å²) in [6.07, 6.45) is 1.51. The Morgan fingerprint density at radius 2 is 2.08 bits per heavy atom. The summed E-state index contributed by atoms with van der Waals surface area (Å²) in [5.74, 6) is -0.209. The van der Waals surface area contributed by atoms with Gasteiger partial charge in [-0.05, 0) is 18.3 Å². The first-order valence-electron chi connectivity index (χ1n) is 2.96. The summed E-state index contributed by atoms with van der Waals surface area (Å²) in [7, 11) is 0. The van der Waals surface area contributed by atoms with Crippen molar-refractivity contribution < 1.29 is 40.4 Å². The fraction of sp³-hybridized carbons (Fsp3) is 0.143. The molecule has 12 heavy (non-hydrogen) atoms. The van der Waals surface area contributed by atoms with Crippen LogP contribution in [-0.2, 0) is 37.5 Å². The van der Waals surface area contributed by atoms with Gasteiger partial charge < -0.3 is 10.6 Å². The summed E-state index contributed by atoms with van der Waals surface area (Å²) in [5, 5.41) is 5.27. The van der Waals surface area contributed by atoms with E-state index in [1.165, 1.54) is 13.0 Å². The van der Waals surface area contributed by atoms with E-state index in [1.807, 2.05) is 0 Å². The number of nitrogens with one attached hydrogen (secondary N) is 2. The number of carbonyl (C=O) groups is 1. The molecule has 1 radical (unpaired) electrons. The van der Waals surface area contributed by atoms with Gasteiger partial charge in [0.15, 0.2) is 5.11 Å². The van der Waals surface area contributed by atoms with Gasteiger partial charge in [0.1, 0.15) is 0 Å². The van der Waals surface area contributed by atoms with Gasteiger partial charge in [-0.1, -0.05) is 13.2 Å². The smallest absolute Gasteiger partial charge is 0.222 e. The summed E-state index contributed by atoms with van der Waals surface area (Å²) in [6, 6.07) is 0. The van der Waals surface area contributed by atoms with Crippen molar-refractivity contribution in [1.29, 1.82) is 0 Å². The molecule has 0 spiro atoms. The van der Waals surface area contributed by atoms with Crippen LogP contribution in [0.5, 0.6) is 0 Å². The molecule has 0 unspecified atom stereocenters. The molecule has 0 saturated heterocycles. The van der Waals surface area contributed by atoms with Crippen LogP contribution in [0, 0.1) is 0 Å². The van der Waals surface area contributed by atoms with Gasteiger partial charge in [0, 0.05) is 48.2 Å². The van der Waals surface area contributed by atoms with Gasteiger partial charge in [-0.2, -0.15) is 0 Å². The normalized spacial score (nSPS) is 7.42. The molecule has 0 aromatic carbocycles. The van der Waals surface area contributed by atoms with Gasteiger partial charge in [-0.3, -0.25) is 4.79 Å². The van der Waals surface area contributed by atoms with E-state index in [0.29, 0.717) is 5.70 Å². The molecular formula is C7H14N2OSY. The zero-order valence-electron chi connectivity index (χ0n) is 6.89. The summed E-state index contributed by atoms with van der Waals surface area (Å²) >= 11 is 4.72. The molecular weight excluding hydrogens is 249 g/mol. The second kappa shape index (κ2) is 7.59. The van der Waals surface area contributed by atoms with Crippen molar-refractivity contribution in [3.63, 3.8) is 0 Å². The van der Waals surface area contributed by atoms with E-state index in [1.54, 1.807) is 0 Å². The third-order valence-corrected chi connectivity index (χ3v) is 1.01. The van der Waals surface area contributed by atoms with Crippen LogP contribution in [0.15, 0.2) is 24.9 Å². The number of amides is 1. The van der Waals surface area contributed by atoms with Gasteiger partial charge in [-0.15, -0.1) is 0 Å². The van der Waals surface area contributed by atoms with E-state index in [9.17, 15) is 4.79 Å². The molecule has 0 rings (SSSR count). The Bertz CT molecular complexity index is 224. The molecule has 0 bridgehead atoms. The fourth-order valence-corrected chi connectivity index (χ4v) is 0.663. The van der Waals surface area contributed by atoms with Crippen LogP contribution in [0.3, 0.4) is 0 Å². The number of thiocarbonyl (C=S) groups is 1. The van der Waals surface area contributed by atoms with Gasteiger partial charge in [0.05, 0.1) is 0 Å². The van der Waals surface area contributed by atoms with E-state index >= 15 is 0 Å². The Labute approximate surface area is 106 Å². The number of carbonyl (C=O) groups excluding carboxylic acids is 1. The maximum Gasteiger partial charge on any atom is 0.222 e. The zero-order valence-corrected chi connectivity index (χ0v) is 10.5. The summed E-state index contributed by atoms with van der Waals surface area (Å²) in [5.41, 5.74) is 0.559. The average Bonchev–Trinajstić information content (AvgIpc) is 1.85. The molecule has 0 aliphatic carbocycles. The Balaban J connectivity index is -0.000000167. The third-order valence-electron chi connectivity index (χ3n) is 0.810. The van der Waals surface area contributed by atoms with E-state index in [-0.39, 0.29) is 46.6 Å². The van der Waals surface area contributed by atoms with Crippen LogP contribution < -0.4 is 10.6 Å². The van der Waals surface area contributed by atoms with Crippen molar-refractivity contribution in [2.75, 3.05) is 0 Å². The molecule has 67 valence electrons. The molecule has 1 amide bonds. The van der Waals surface area contributed by atoms with Gasteiger partial charge in [0.2, 0.25) is 5.91 Å². The van der Waals surface area contributed by atoms with Crippen LogP contribution in [0.1, 0.15) is 9.78 Å². The first-order valence-corrected chi connectivity index (χ1v) is 3.37. The number of hydrogen-bond acceptors (Lipinski definition) is 2. The van der Waals surface area contributed by atoms with Crippen molar-refractivity contribution in [2.24, 2.45) is 0 Å². The van der Waals surface area contributed by atoms with Gasteiger partial charge >= 0.3 is 0 Å². The Morgan fingerprint density at radius 1 is 1.58 bits per heavy atom. The minimum atomic E-state index is -0.209. The second-order valence-corrected chi connectivity index (χ2v) is 2.27. The Hall–Kier alpha value is -0.0561. The summed E-state index contributed by atoms with van der Waals surface area (Å²) in [6.45, 7) is 8.39. The topological polar surface area (TPSA) is 41.1 Å². The monoisotopic (exact) mass is 263 g/mol. The van der Waals surface area contributed by atoms with Crippen LogP contribution in [-0.4, -0.2) is 11.0 Å². The van der Waals surface area contributed by atoms with E-state index in [0.717, 1.165) is 0 Å². The first kappa shape index (κ1) is 14.5. The molecule has 2 N–H and O–H groups in total. The maximum atomic E-state index is 10.4. The van der Waals surface area contributed by atoms with E-state index in [4.69, 9.17) is 12.2 Å². The van der Waals surface area contributed by atoms with Crippen molar-refractivity contribution in [3.05, 3.63) is 24.9 Å². The molecule has 5 heteroatoms. The number of hydrogen-bond donors (Lipinski definition) is 2. The van der Waals surface area contributed by atoms with E-state index < -0.39 is 0 Å². The SMILES string of the molecule is C=CC(=C)NC(=S)NC(C)=O.[HH].[HH].[Y]. The summed E-state index contributed by atoms with van der Waals surface area (Å²) in [4.78, 5) is 10.4.